The Morgan fingerprint density at radius 3 is 2.71 bits per heavy atom. The highest BCUT2D eigenvalue weighted by atomic mass is 35.5. The monoisotopic (exact) mass is 348 g/mol. The maximum absolute atomic E-state index is 12.2. The lowest BCUT2D eigenvalue weighted by Crippen LogP contribution is -2.43. The molecule has 6 heteroatoms. The zero-order valence-electron chi connectivity index (χ0n) is 12.0. The molecule has 1 aliphatic rings. The van der Waals surface area contributed by atoms with Crippen LogP contribution in [0, 0.1) is 5.92 Å². The Balaban J connectivity index is 0.00000220. The number of rotatable bonds is 5. The summed E-state index contributed by atoms with van der Waals surface area (Å²) in [7, 11) is 0. The molecule has 118 valence electrons. The number of carbonyl (C=O) groups is 1. The minimum Gasteiger partial charge on any atom is -0.352 e. The predicted molar refractivity (Wildman–Crippen MR) is 92.3 cm³/mol. The molecule has 0 heterocycles. The van der Waals surface area contributed by atoms with E-state index in [1.165, 1.54) is 0 Å². The number of amides is 1. The molecule has 21 heavy (non-hydrogen) atoms. The molecular weight excluding hydrogens is 327 g/mol. The molecule has 3 atom stereocenters. The lowest BCUT2D eigenvalue weighted by atomic mass is 10.0. The highest BCUT2D eigenvalue weighted by molar-refractivity contribution is 8.00. The van der Waals surface area contributed by atoms with Crippen molar-refractivity contribution in [3.05, 3.63) is 29.3 Å². The van der Waals surface area contributed by atoms with Gasteiger partial charge in [0.25, 0.3) is 0 Å². The third-order valence-corrected chi connectivity index (χ3v) is 5.15. The molecule has 2 rings (SSSR count). The van der Waals surface area contributed by atoms with E-state index in [9.17, 15) is 4.79 Å². The number of nitrogens with two attached hydrogens (primary N) is 1. The average Bonchev–Trinajstić information content (AvgIpc) is 2.88. The van der Waals surface area contributed by atoms with E-state index in [0.29, 0.717) is 17.5 Å². The first-order chi connectivity index (χ1) is 9.60. The molecule has 1 aromatic rings. The summed E-state index contributed by atoms with van der Waals surface area (Å²) in [6.07, 6.45) is 3.33. The molecule has 3 N–H and O–H groups in total. The summed E-state index contributed by atoms with van der Waals surface area (Å²) in [6, 6.07) is 7.82. The summed E-state index contributed by atoms with van der Waals surface area (Å²) in [4.78, 5) is 13.3. The molecule has 0 saturated heterocycles. The van der Waals surface area contributed by atoms with Crippen molar-refractivity contribution in [1.29, 1.82) is 0 Å². The Bertz CT molecular complexity index is 455. The first-order valence-corrected chi connectivity index (χ1v) is 8.28. The highest BCUT2D eigenvalue weighted by Gasteiger charge is 2.28. The van der Waals surface area contributed by atoms with E-state index >= 15 is 0 Å². The number of thioether (sulfide) groups is 1. The van der Waals surface area contributed by atoms with Gasteiger partial charge in [-0.1, -0.05) is 18.0 Å². The van der Waals surface area contributed by atoms with Gasteiger partial charge in [-0.05, 0) is 56.5 Å². The topological polar surface area (TPSA) is 55.1 Å². The van der Waals surface area contributed by atoms with Crippen molar-refractivity contribution in [2.45, 2.75) is 42.4 Å². The van der Waals surface area contributed by atoms with Crippen molar-refractivity contribution < 1.29 is 4.79 Å². The van der Waals surface area contributed by atoms with E-state index in [-0.39, 0.29) is 29.6 Å². The molecule has 1 aromatic carbocycles. The molecule has 1 fully saturated rings. The number of hydrogen-bond donors (Lipinski definition) is 2. The second-order valence-corrected chi connectivity index (χ2v) is 7.11. The highest BCUT2D eigenvalue weighted by Crippen LogP contribution is 2.27. The third kappa shape index (κ3) is 5.37. The van der Waals surface area contributed by atoms with Crippen molar-refractivity contribution >= 4 is 41.7 Å². The molecule has 1 amide bonds. The van der Waals surface area contributed by atoms with Gasteiger partial charge < -0.3 is 11.1 Å². The van der Waals surface area contributed by atoms with Crippen LogP contribution in [0.15, 0.2) is 29.2 Å². The van der Waals surface area contributed by atoms with Gasteiger partial charge in [0.2, 0.25) is 5.91 Å². The second kappa shape index (κ2) is 8.89. The smallest absolute Gasteiger partial charge is 0.233 e. The van der Waals surface area contributed by atoms with Crippen LogP contribution >= 0.6 is 35.8 Å². The van der Waals surface area contributed by atoms with Crippen molar-refractivity contribution in [2.75, 3.05) is 6.54 Å². The fourth-order valence-electron chi connectivity index (χ4n) is 2.58. The van der Waals surface area contributed by atoms with Crippen LogP contribution in [0.2, 0.25) is 5.02 Å². The molecular formula is C15H22Cl2N2OS. The molecule has 3 nitrogen and oxygen atoms in total. The van der Waals surface area contributed by atoms with E-state index in [4.69, 9.17) is 17.3 Å². The largest absolute Gasteiger partial charge is 0.352 e. The Labute approximate surface area is 141 Å². The summed E-state index contributed by atoms with van der Waals surface area (Å²) in [5.74, 6) is 0.530. The Hall–Kier alpha value is -0.420. The molecule has 3 unspecified atom stereocenters. The number of halogens is 2. The Kier molecular flexibility index (Phi) is 7.88. The van der Waals surface area contributed by atoms with Crippen LogP contribution in [0.25, 0.3) is 0 Å². The first kappa shape index (κ1) is 18.6. The fourth-order valence-corrected chi connectivity index (χ4v) is 3.58. The summed E-state index contributed by atoms with van der Waals surface area (Å²) in [5, 5.41) is 3.74. The normalized spacial score (nSPS) is 22.4. The van der Waals surface area contributed by atoms with Gasteiger partial charge in [-0.3, -0.25) is 4.79 Å². The zero-order chi connectivity index (χ0) is 14.5. The SMILES string of the molecule is CC(Sc1ccc(Cl)cc1)C(=O)NC1CCCC1CN.Cl. The Morgan fingerprint density at radius 1 is 1.43 bits per heavy atom. The summed E-state index contributed by atoms with van der Waals surface area (Å²) < 4.78 is 0. The van der Waals surface area contributed by atoms with Crippen molar-refractivity contribution in [3.63, 3.8) is 0 Å². The van der Waals surface area contributed by atoms with Gasteiger partial charge in [0.1, 0.15) is 0 Å². The predicted octanol–water partition coefficient (Wildman–Crippen LogP) is 3.49. The summed E-state index contributed by atoms with van der Waals surface area (Å²) in [5.41, 5.74) is 5.74. The quantitative estimate of drug-likeness (QED) is 0.800. The molecule has 1 saturated carbocycles. The van der Waals surface area contributed by atoms with Crippen LogP contribution in [0.3, 0.4) is 0 Å². The summed E-state index contributed by atoms with van der Waals surface area (Å²) in [6.45, 7) is 2.59. The van der Waals surface area contributed by atoms with Crippen LogP contribution < -0.4 is 11.1 Å². The lowest BCUT2D eigenvalue weighted by molar-refractivity contribution is -0.121. The lowest BCUT2D eigenvalue weighted by Gasteiger charge is -2.21. The van der Waals surface area contributed by atoms with Crippen LogP contribution in [0.4, 0.5) is 0 Å². The summed E-state index contributed by atoms with van der Waals surface area (Å²) >= 11 is 7.41. The molecule has 0 aromatic heterocycles. The van der Waals surface area contributed by atoms with Gasteiger partial charge in [-0.2, -0.15) is 0 Å². The fraction of sp³-hybridized carbons (Fsp3) is 0.533. The molecule has 0 bridgehead atoms. The number of benzene rings is 1. The van der Waals surface area contributed by atoms with Gasteiger partial charge >= 0.3 is 0 Å². The second-order valence-electron chi connectivity index (χ2n) is 5.26. The number of nitrogens with one attached hydrogen (secondary N) is 1. The van der Waals surface area contributed by atoms with Gasteiger partial charge in [-0.15, -0.1) is 24.2 Å². The van der Waals surface area contributed by atoms with Gasteiger partial charge in [0.05, 0.1) is 5.25 Å². The first-order valence-electron chi connectivity index (χ1n) is 7.03. The van der Waals surface area contributed by atoms with E-state index < -0.39 is 0 Å². The van der Waals surface area contributed by atoms with Crippen LogP contribution in [0.5, 0.6) is 0 Å². The van der Waals surface area contributed by atoms with Crippen molar-refractivity contribution in [1.82, 2.24) is 5.32 Å². The minimum atomic E-state index is -0.116. The van der Waals surface area contributed by atoms with E-state index in [0.717, 1.165) is 24.2 Å². The minimum absolute atomic E-state index is 0. The van der Waals surface area contributed by atoms with Crippen molar-refractivity contribution in [3.8, 4) is 0 Å². The Morgan fingerprint density at radius 2 is 2.10 bits per heavy atom. The molecule has 0 radical (unpaired) electrons. The number of hydrogen-bond acceptors (Lipinski definition) is 3. The maximum atomic E-state index is 12.2. The van der Waals surface area contributed by atoms with Crippen LogP contribution in [0.1, 0.15) is 26.2 Å². The molecule has 1 aliphatic carbocycles. The molecule has 0 aliphatic heterocycles. The van der Waals surface area contributed by atoms with Crippen LogP contribution in [-0.4, -0.2) is 23.7 Å². The standard InChI is InChI=1S/C15H21ClN2OS.ClH/c1-10(20-13-7-5-12(16)6-8-13)15(19)18-14-4-2-3-11(14)9-17;/h5-8,10-11,14H,2-4,9,17H2,1H3,(H,18,19);1H. The molecule has 0 spiro atoms. The van der Waals surface area contributed by atoms with Crippen molar-refractivity contribution in [2.24, 2.45) is 11.7 Å². The van der Waals surface area contributed by atoms with E-state index in [1.54, 1.807) is 11.8 Å². The van der Waals surface area contributed by atoms with Crippen LogP contribution in [-0.2, 0) is 4.79 Å². The zero-order valence-corrected chi connectivity index (χ0v) is 14.4. The average molecular weight is 349 g/mol. The van der Waals surface area contributed by atoms with E-state index in [1.807, 2.05) is 31.2 Å². The van der Waals surface area contributed by atoms with Gasteiger partial charge in [0.15, 0.2) is 0 Å². The maximum Gasteiger partial charge on any atom is 0.233 e. The third-order valence-electron chi connectivity index (χ3n) is 3.79. The van der Waals surface area contributed by atoms with Gasteiger partial charge in [0, 0.05) is 16.0 Å². The van der Waals surface area contributed by atoms with Gasteiger partial charge in [-0.25, -0.2) is 0 Å². The number of carbonyl (C=O) groups excluding carboxylic acids is 1. The van der Waals surface area contributed by atoms with E-state index in [2.05, 4.69) is 5.32 Å².